The monoisotopic (exact) mass is 215 g/mol. The molecule has 0 aromatic rings. The van der Waals surface area contributed by atoms with E-state index >= 15 is 0 Å². The van der Waals surface area contributed by atoms with E-state index in [2.05, 4.69) is 0 Å². The van der Waals surface area contributed by atoms with E-state index in [1.54, 1.807) is 34.7 Å². The van der Waals surface area contributed by atoms with Gasteiger partial charge in [0.05, 0.1) is 5.54 Å². The summed E-state index contributed by atoms with van der Waals surface area (Å²) in [7, 11) is 1.58. The number of aldehydes is 1. The fourth-order valence-corrected chi connectivity index (χ4v) is 0.938. The van der Waals surface area contributed by atoms with E-state index in [-0.39, 0.29) is 0 Å². The molecule has 4 heteroatoms. The van der Waals surface area contributed by atoms with E-state index < -0.39 is 17.2 Å². The SMILES string of the molecule is CCC(C)(C=O)N(C)C(=O)OC(C)(C)C. The number of amides is 1. The summed E-state index contributed by atoms with van der Waals surface area (Å²) in [6, 6.07) is 0. The van der Waals surface area contributed by atoms with Crippen LogP contribution in [0.2, 0.25) is 0 Å². The summed E-state index contributed by atoms with van der Waals surface area (Å²) in [5.41, 5.74) is -1.33. The van der Waals surface area contributed by atoms with Gasteiger partial charge in [-0.25, -0.2) is 4.79 Å². The fourth-order valence-electron chi connectivity index (χ4n) is 0.938. The van der Waals surface area contributed by atoms with Crippen LogP contribution in [0.4, 0.5) is 4.79 Å². The van der Waals surface area contributed by atoms with Crippen LogP contribution in [-0.2, 0) is 9.53 Å². The van der Waals surface area contributed by atoms with Crippen LogP contribution in [0.1, 0.15) is 41.0 Å². The number of nitrogens with zero attached hydrogens (tertiary/aromatic N) is 1. The number of carbonyl (C=O) groups excluding carboxylic acids is 2. The first kappa shape index (κ1) is 13.9. The summed E-state index contributed by atoms with van der Waals surface area (Å²) in [6.45, 7) is 8.95. The second-order valence-electron chi connectivity index (χ2n) is 4.87. The third-order valence-corrected chi connectivity index (χ3v) is 2.40. The van der Waals surface area contributed by atoms with Gasteiger partial charge >= 0.3 is 6.09 Å². The fraction of sp³-hybridized carbons (Fsp3) is 0.818. The molecule has 0 fully saturated rings. The third-order valence-electron chi connectivity index (χ3n) is 2.40. The smallest absolute Gasteiger partial charge is 0.410 e. The molecule has 0 saturated heterocycles. The molecule has 0 aromatic heterocycles. The highest BCUT2D eigenvalue weighted by Crippen LogP contribution is 2.18. The Balaban J connectivity index is 4.64. The molecule has 0 rings (SSSR count). The van der Waals surface area contributed by atoms with Crippen LogP contribution in [0.15, 0.2) is 0 Å². The van der Waals surface area contributed by atoms with Gasteiger partial charge in [-0.3, -0.25) is 4.90 Å². The molecule has 0 aromatic carbocycles. The molecule has 0 N–H and O–H groups in total. The average molecular weight is 215 g/mol. The first-order valence-electron chi connectivity index (χ1n) is 5.09. The molecule has 4 nitrogen and oxygen atoms in total. The van der Waals surface area contributed by atoms with Gasteiger partial charge in [0, 0.05) is 7.05 Å². The Morgan fingerprint density at radius 1 is 1.33 bits per heavy atom. The zero-order valence-electron chi connectivity index (χ0n) is 10.5. The lowest BCUT2D eigenvalue weighted by Gasteiger charge is -2.34. The Labute approximate surface area is 91.6 Å². The number of hydrogen-bond donors (Lipinski definition) is 0. The van der Waals surface area contributed by atoms with E-state index in [0.717, 1.165) is 6.29 Å². The minimum Gasteiger partial charge on any atom is -0.444 e. The van der Waals surface area contributed by atoms with E-state index in [1.807, 2.05) is 6.92 Å². The first-order chi connectivity index (χ1) is 6.66. The first-order valence-corrected chi connectivity index (χ1v) is 5.09. The number of carbonyl (C=O) groups is 2. The van der Waals surface area contributed by atoms with Crippen molar-refractivity contribution >= 4 is 12.4 Å². The number of likely N-dealkylation sites (N-methyl/N-ethyl adjacent to an activating group) is 1. The molecule has 1 unspecified atom stereocenters. The molecule has 0 heterocycles. The molecule has 0 saturated carbocycles. The minimum absolute atomic E-state index is 0.473. The molecule has 0 aliphatic heterocycles. The van der Waals surface area contributed by atoms with Crippen LogP contribution in [0, 0.1) is 0 Å². The standard InChI is InChI=1S/C11H21NO3/c1-7-11(5,8-13)12(6)9(14)15-10(2,3)4/h8H,7H2,1-6H3. The zero-order valence-corrected chi connectivity index (χ0v) is 10.5. The summed E-state index contributed by atoms with van der Waals surface area (Å²) >= 11 is 0. The van der Waals surface area contributed by atoms with Gasteiger partial charge in [-0.2, -0.15) is 0 Å². The normalized spacial score (nSPS) is 15.3. The second kappa shape index (κ2) is 4.64. The zero-order chi connectivity index (χ0) is 12.3. The highest BCUT2D eigenvalue weighted by atomic mass is 16.6. The van der Waals surface area contributed by atoms with Crippen molar-refractivity contribution in [3.8, 4) is 0 Å². The molecule has 15 heavy (non-hydrogen) atoms. The van der Waals surface area contributed by atoms with Crippen LogP contribution in [0.5, 0.6) is 0 Å². The minimum atomic E-state index is -0.789. The van der Waals surface area contributed by atoms with Crippen LogP contribution in [0.25, 0.3) is 0 Å². The van der Waals surface area contributed by atoms with Gasteiger partial charge in [-0.15, -0.1) is 0 Å². The Kier molecular flexibility index (Phi) is 4.31. The molecule has 0 aliphatic carbocycles. The summed E-state index contributed by atoms with van der Waals surface area (Å²) in [6.07, 6.45) is 0.863. The Bertz CT molecular complexity index is 245. The van der Waals surface area contributed by atoms with E-state index in [9.17, 15) is 9.59 Å². The van der Waals surface area contributed by atoms with Gasteiger partial charge in [-0.05, 0) is 34.1 Å². The maximum Gasteiger partial charge on any atom is 0.410 e. The van der Waals surface area contributed by atoms with Crippen molar-refractivity contribution in [3.63, 3.8) is 0 Å². The quantitative estimate of drug-likeness (QED) is 0.678. The molecule has 0 radical (unpaired) electrons. The van der Waals surface area contributed by atoms with Crippen LogP contribution < -0.4 is 0 Å². The van der Waals surface area contributed by atoms with E-state index in [4.69, 9.17) is 4.74 Å². The van der Waals surface area contributed by atoms with Gasteiger partial charge in [0.25, 0.3) is 0 Å². The van der Waals surface area contributed by atoms with E-state index in [0.29, 0.717) is 6.42 Å². The van der Waals surface area contributed by atoms with Gasteiger partial charge < -0.3 is 9.53 Å². The highest BCUT2D eigenvalue weighted by Gasteiger charge is 2.33. The average Bonchev–Trinajstić information content (AvgIpc) is 2.12. The van der Waals surface area contributed by atoms with Gasteiger partial charge in [-0.1, -0.05) is 6.92 Å². The topological polar surface area (TPSA) is 46.6 Å². The maximum atomic E-state index is 11.7. The van der Waals surface area contributed by atoms with Crippen LogP contribution >= 0.6 is 0 Å². The summed E-state index contributed by atoms with van der Waals surface area (Å²) in [5.74, 6) is 0. The second-order valence-corrected chi connectivity index (χ2v) is 4.87. The van der Waals surface area contributed by atoms with Crippen molar-refractivity contribution in [2.24, 2.45) is 0 Å². The summed E-state index contributed by atoms with van der Waals surface area (Å²) in [4.78, 5) is 23.9. The highest BCUT2D eigenvalue weighted by molar-refractivity contribution is 5.76. The van der Waals surface area contributed by atoms with Gasteiger partial charge in [0.2, 0.25) is 0 Å². The number of rotatable bonds is 3. The van der Waals surface area contributed by atoms with E-state index in [1.165, 1.54) is 4.90 Å². The van der Waals surface area contributed by atoms with Crippen LogP contribution in [0.3, 0.4) is 0 Å². The Morgan fingerprint density at radius 2 is 1.80 bits per heavy atom. The van der Waals surface area contributed by atoms with Crippen molar-refractivity contribution in [1.82, 2.24) is 4.90 Å². The predicted molar refractivity (Wildman–Crippen MR) is 58.8 cm³/mol. The van der Waals surface area contributed by atoms with Crippen molar-refractivity contribution < 1.29 is 14.3 Å². The van der Waals surface area contributed by atoms with Crippen molar-refractivity contribution in [2.45, 2.75) is 52.2 Å². The lowest BCUT2D eigenvalue weighted by atomic mass is 10.00. The molecule has 0 aliphatic rings. The number of hydrogen-bond acceptors (Lipinski definition) is 3. The van der Waals surface area contributed by atoms with Gasteiger partial charge in [0.15, 0.2) is 0 Å². The molecule has 1 amide bonds. The lowest BCUT2D eigenvalue weighted by molar-refractivity contribution is -0.117. The Hall–Kier alpha value is -1.06. The van der Waals surface area contributed by atoms with Gasteiger partial charge in [0.1, 0.15) is 11.9 Å². The predicted octanol–water partition coefficient (Wildman–Crippen LogP) is 2.22. The molecule has 1 atom stereocenters. The molecular weight excluding hydrogens is 194 g/mol. The third kappa shape index (κ3) is 3.90. The van der Waals surface area contributed by atoms with Crippen molar-refractivity contribution in [1.29, 1.82) is 0 Å². The van der Waals surface area contributed by atoms with Crippen molar-refractivity contribution in [2.75, 3.05) is 7.05 Å². The molecular formula is C11H21NO3. The number of ether oxygens (including phenoxy) is 1. The molecule has 88 valence electrons. The maximum absolute atomic E-state index is 11.7. The largest absolute Gasteiger partial charge is 0.444 e. The lowest BCUT2D eigenvalue weighted by Crippen LogP contribution is -2.49. The van der Waals surface area contributed by atoms with Crippen molar-refractivity contribution in [3.05, 3.63) is 0 Å². The molecule has 0 spiro atoms. The molecule has 0 bridgehead atoms. The van der Waals surface area contributed by atoms with Crippen LogP contribution in [-0.4, -0.2) is 35.5 Å². The Morgan fingerprint density at radius 3 is 2.07 bits per heavy atom. The summed E-state index contributed by atoms with van der Waals surface area (Å²) < 4.78 is 5.18. The summed E-state index contributed by atoms with van der Waals surface area (Å²) in [5, 5.41) is 0.